The summed E-state index contributed by atoms with van der Waals surface area (Å²) in [6.45, 7) is 0.404. The number of amides is 1. The van der Waals surface area contributed by atoms with Gasteiger partial charge in [-0.05, 0) is 30.3 Å². The third-order valence-electron chi connectivity index (χ3n) is 4.62. The first kappa shape index (κ1) is 18.9. The van der Waals surface area contributed by atoms with Gasteiger partial charge in [0, 0.05) is 36.4 Å². The zero-order chi connectivity index (χ0) is 20.3. The van der Waals surface area contributed by atoms with Crippen LogP contribution in [0.5, 0.6) is 0 Å². The summed E-state index contributed by atoms with van der Waals surface area (Å²) in [5, 5.41) is 3.44. The van der Waals surface area contributed by atoms with Crippen LogP contribution in [0.15, 0.2) is 90.1 Å². The van der Waals surface area contributed by atoms with Gasteiger partial charge in [0.25, 0.3) is 15.9 Å². The Hall–Kier alpha value is -3.45. The van der Waals surface area contributed by atoms with Crippen molar-refractivity contribution in [2.24, 2.45) is 0 Å². The van der Waals surface area contributed by atoms with E-state index in [0.29, 0.717) is 29.4 Å². The van der Waals surface area contributed by atoms with E-state index in [2.05, 4.69) is 10.3 Å². The molecule has 7 heteroatoms. The molecular weight excluding hydrogens is 386 g/mol. The predicted molar refractivity (Wildman–Crippen MR) is 111 cm³/mol. The van der Waals surface area contributed by atoms with Gasteiger partial charge in [-0.1, -0.05) is 42.5 Å². The van der Waals surface area contributed by atoms with Gasteiger partial charge in [0.05, 0.1) is 16.0 Å². The topological polar surface area (TPSA) is 81.1 Å². The minimum absolute atomic E-state index is 0.169. The van der Waals surface area contributed by atoms with Gasteiger partial charge >= 0.3 is 0 Å². The number of carbonyl (C=O) groups excluding carboxylic acids is 1. The molecule has 6 nitrogen and oxygen atoms in total. The molecule has 0 aliphatic heterocycles. The van der Waals surface area contributed by atoms with Crippen LogP contribution in [0.2, 0.25) is 0 Å². The van der Waals surface area contributed by atoms with E-state index < -0.39 is 10.0 Å². The van der Waals surface area contributed by atoms with Crippen LogP contribution in [0.4, 0.5) is 0 Å². The van der Waals surface area contributed by atoms with E-state index in [1.54, 1.807) is 48.7 Å². The Kier molecular flexibility index (Phi) is 5.14. The maximum absolute atomic E-state index is 13.1. The van der Waals surface area contributed by atoms with Crippen LogP contribution in [0.25, 0.3) is 10.9 Å². The lowest BCUT2D eigenvalue weighted by Gasteiger charge is -2.07. The van der Waals surface area contributed by atoms with Crippen molar-refractivity contribution in [3.8, 4) is 0 Å². The van der Waals surface area contributed by atoms with Crippen molar-refractivity contribution in [1.29, 1.82) is 0 Å². The first-order valence-corrected chi connectivity index (χ1v) is 10.6. The minimum atomic E-state index is -3.82. The van der Waals surface area contributed by atoms with Crippen molar-refractivity contribution in [2.45, 2.75) is 11.3 Å². The fourth-order valence-corrected chi connectivity index (χ4v) is 4.57. The van der Waals surface area contributed by atoms with Crippen molar-refractivity contribution in [3.05, 3.63) is 96.4 Å². The molecule has 0 spiro atoms. The van der Waals surface area contributed by atoms with Crippen LogP contribution >= 0.6 is 0 Å². The number of nitrogens with zero attached hydrogens (tertiary/aromatic N) is 2. The molecule has 4 aromatic rings. The largest absolute Gasteiger partial charge is 0.352 e. The Bertz CT molecular complexity index is 1250. The van der Waals surface area contributed by atoms with Crippen LogP contribution in [-0.2, 0) is 16.4 Å². The SMILES string of the molecule is O=C(NCCc1ccccn1)c1cn(S(=O)(=O)c2ccccc2)c2ccccc12. The molecule has 29 heavy (non-hydrogen) atoms. The van der Waals surface area contributed by atoms with Gasteiger partial charge < -0.3 is 5.32 Å². The fraction of sp³-hybridized carbons (Fsp3) is 0.0909. The molecule has 0 saturated heterocycles. The Balaban J connectivity index is 1.65. The first-order chi connectivity index (χ1) is 14.1. The summed E-state index contributed by atoms with van der Waals surface area (Å²) in [4.78, 5) is 17.2. The molecular formula is C22H19N3O3S. The summed E-state index contributed by atoms with van der Waals surface area (Å²) < 4.78 is 27.4. The van der Waals surface area contributed by atoms with Gasteiger partial charge in [0.15, 0.2) is 0 Å². The summed E-state index contributed by atoms with van der Waals surface area (Å²) >= 11 is 0. The number of fused-ring (bicyclic) bond motifs is 1. The van der Waals surface area contributed by atoms with Gasteiger partial charge in [-0.3, -0.25) is 9.78 Å². The zero-order valence-electron chi connectivity index (χ0n) is 15.5. The van der Waals surface area contributed by atoms with E-state index in [4.69, 9.17) is 0 Å². The molecule has 0 radical (unpaired) electrons. The highest BCUT2D eigenvalue weighted by atomic mass is 32.2. The predicted octanol–water partition coefficient (Wildman–Crippen LogP) is 3.25. The molecule has 0 aliphatic rings. The highest BCUT2D eigenvalue weighted by Crippen LogP contribution is 2.26. The number of hydrogen-bond acceptors (Lipinski definition) is 4. The van der Waals surface area contributed by atoms with Gasteiger partial charge in [0.2, 0.25) is 0 Å². The molecule has 0 unspecified atom stereocenters. The van der Waals surface area contributed by atoms with Crippen LogP contribution in [0.3, 0.4) is 0 Å². The second-order valence-electron chi connectivity index (χ2n) is 6.50. The summed E-state index contributed by atoms with van der Waals surface area (Å²) in [5.41, 5.74) is 1.66. The summed E-state index contributed by atoms with van der Waals surface area (Å²) in [5.74, 6) is -0.320. The van der Waals surface area contributed by atoms with Crippen LogP contribution in [0, 0.1) is 0 Å². The Morgan fingerprint density at radius 1 is 0.931 bits per heavy atom. The van der Waals surface area contributed by atoms with E-state index in [9.17, 15) is 13.2 Å². The number of rotatable bonds is 6. The molecule has 0 aliphatic carbocycles. The third kappa shape index (κ3) is 3.77. The first-order valence-electron chi connectivity index (χ1n) is 9.16. The van der Waals surface area contributed by atoms with E-state index in [-0.39, 0.29) is 10.8 Å². The monoisotopic (exact) mass is 405 g/mol. The Morgan fingerprint density at radius 3 is 2.41 bits per heavy atom. The molecule has 0 saturated carbocycles. The average Bonchev–Trinajstić information content (AvgIpc) is 3.16. The van der Waals surface area contributed by atoms with E-state index in [1.807, 2.05) is 18.2 Å². The van der Waals surface area contributed by atoms with Crippen molar-refractivity contribution in [2.75, 3.05) is 6.54 Å². The maximum atomic E-state index is 13.1. The summed E-state index contributed by atoms with van der Waals surface area (Å²) in [6.07, 6.45) is 3.69. The lowest BCUT2D eigenvalue weighted by atomic mass is 10.1. The fourth-order valence-electron chi connectivity index (χ4n) is 3.18. The second kappa shape index (κ2) is 7.89. The van der Waals surface area contributed by atoms with Crippen LogP contribution in [-0.4, -0.2) is 29.8 Å². The Labute approximate surface area is 168 Å². The van der Waals surface area contributed by atoms with E-state index in [0.717, 1.165) is 5.69 Å². The summed E-state index contributed by atoms with van der Waals surface area (Å²) in [7, 11) is -3.82. The molecule has 146 valence electrons. The molecule has 1 amide bonds. The third-order valence-corrected chi connectivity index (χ3v) is 6.30. The molecule has 2 heterocycles. The van der Waals surface area contributed by atoms with Gasteiger partial charge in [-0.2, -0.15) is 0 Å². The minimum Gasteiger partial charge on any atom is -0.352 e. The molecule has 0 fully saturated rings. The second-order valence-corrected chi connectivity index (χ2v) is 8.32. The van der Waals surface area contributed by atoms with Crippen LogP contribution < -0.4 is 5.32 Å². The molecule has 2 aromatic heterocycles. The van der Waals surface area contributed by atoms with Gasteiger partial charge in [-0.15, -0.1) is 0 Å². The molecule has 1 N–H and O–H groups in total. The molecule has 0 bridgehead atoms. The van der Waals surface area contributed by atoms with Crippen LogP contribution in [0.1, 0.15) is 16.1 Å². The molecule has 2 aromatic carbocycles. The number of nitrogens with one attached hydrogen (secondary N) is 1. The molecule has 4 rings (SSSR count). The highest BCUT2D eigenvalue weighted by molar-refractivity contribution is 7.90. The van der Waals surface area contributed by atoms with Gasteiger partial charge in [0.1, 0.15) is 0 Å². The average molecular weight is 405 g/mol. The number of hydrogen-bond donors (Lipinski definition) is 1. The normalized spacial score (nSPS) is 11.4. The maximum Gasteiger partial charge on any atom is 0.268 e. The number of para-hydroxylation sites is 1. The smallest absolute Gasteiger partial charge is 0.268 e. The lowest BCUT2D eigenvalue weighted by molar-refractivity contribution is 0.0955. The number of carbonyl (C=O) groups is 1. The highest BCUT2D eigenvalue weighted by Gasteiger charge is 2.23. The van der Waals surface area contributed by atoms with Crippen molar-refractivity contribution >= 4 is 26.8 Å². The van der Waals surface area contributed by atoms with Crippen molar-refractivity contribution in [3.63, 3.8) is 0 Å². The van der Waals surface area contributed by atoms with Crippen molar-refractivity contribution < 1.29 is 13.2 Å². The lowest BCUT2D eigenvalue weighted by Crippen LogP contribution is -2.25. The van der Waals surface area contributed by atoms with E-state index >= 15 is 0 Å². The number of pyridine rings is 1. The number of aromatic nitrogens is 2. The quantitative estimate of drug-likeness (QED) is 0.534. The van der Waals surface area contributed by atoms with E-state index in [1.165, 1.54) is 22.3 Å². The molecule has 0 atom stereocenters. The number of benzene rings is 2. The van der Waals surface area contributed by atoms with Crippen molar-refractivity contribution in [1.82, 2.24) is 14.3 Å². The summed E-state index contributed by atoms with van der Waals surface area (Å²) in [6, 6.07) is 20.8. The standard InChI is InChI=1S/C22H19N3O3S/c26-22(24-15-13-17-8-6-7-14-23-17)20-16-25(21-12-5-4-11-19(20)21)29(27,28)18-9-2-1-3-10-18/h1-12,14,16H,13,15H2,(H,24,26). The Morgan fingerprint density at radius 2 is 1.66 bits per heavy atom. The van der Waals surface area contributed by atoms with Gasteiger partial charge in [-0.25, -0.2) is 12.4 Å². The zero-order valence-corrected chi connectivity index (χ0v) is 16.3.